The van der Waals surface area contributed by atoms with Crippen LogP contribution in [0.1, 0.15) is 25.7 Å². The molecule has 98 valence electrons. The molecule has 0 aromatic heterocycles. The van der Waals surface area contributed by atoms with E-state index in [1.807, 2.05) is 11.8 Å². The van der Waals surface area contributed by atoms with Gasteiger partial charge in [0.05, 0.1) is 12.1 Å². The molecule has 18 heavy (non-hydrogen) atoms. The molecule has 2 heterocycles. The Morgan fingerprint density at radius 3 is 2.83 bits per heavy atom. The summed E-state index contributed by atoms with van der Waals surface area (Å²) in [4.78, 5) is 21.5. The second-order valence-corrected chi connectivity index (χ2v) is 5.53. The Hall–Kier alpha value is 0.726. The van der Waals surface area contributed by atoms with Crippen molar-refractivity contribution in [1.29, 1.82) is 0 Å². The topological polar surface area (TPSA) is 78.4 Å². The van der Waals surface area contributed by atoms with Crippen LogP contribution in [0, 0.1) is 0 Å². The number of carboxylic acid groups (broad SMARTS) is 1. The third-order valence-corrected chi connectivity index (χ3v) is 4.58. The fourth-order valence-electron chi connectivity index (χ4n) is 2.26. The molecule has 0 radical (unpaired) electrons. The summed E-state index contributed by atoms with van der Waals surface area (Å²) in [7, 11) is 0. The van der Waals surface area contributed by atoms with E-state index in [0.29, 0.717) is 5.25 Å². The van der Waals surface area contributed by atoms with Crippen LogP contribution in [0.4, 0.5) is 4.79 Å². The molecule has 2 saturated heterocycles. The monoisotopic (exact) mass is 298 g/mol. The summed E-state index contributed by atoms with van der Waals surface area (Å²) in [5.41, 5.74) is 0. The number of amides is 2. The van der Waals surface area contributed by atoms with Gasteiger partial charge in [-0.3, -0.25) is 4.79 Å². The first kappa shape index (κ1) is 16.8. The zero-order chi connectivity index (χ0) is 13.5. The van der Waals surface area contributed by atoms with E-state index in [4.69, 9.17) is 5.11 Å². The Morgan fingerprint density at radius 1 is 1.44 bits per heavy atom. The predicted octanol–water partition coefficient (Wildman–Crippen LogP) is 1.000. The minimum absolute atomic E-state index is 0.0640. The van der Waals surface area contributed by atoms with Gasteiger partial charge in [-0.25, -0.2) is 4.79 Å². The number of hydrogen-bond acceptors (Lipinski definition) is 3. The quantitative estimate of drug-likeness (QED) is 0.402. The van der Waals surface area contributed by atoms with Crippen molar-refractivity contribution in [3.05, 3.63) is 0 Å². The van der Waals surface area contributed by atoms with Gasteiger partial charge in [0.2, 0.25) is 0 Å². The van der Waals surface area contributed by atoms with Crippen LogP contribution in [0.25, 0.3) is 0 Å². The average molecular weight is 298 g/mol. The summed E-state index contributed by atoms with van der Waals surface area (Å²) >= 11 is 2.93. The van der Waals surface area contributed by atoms with E-state index in [0.717, 1.165) is 74.0 Å². The van der Waals surface area contributed by atoms with Gasteiger partial charge in [-0.1, -0.05) is 6.42 Å². The molecule has 3 N–H and O–H groups in total. The average Bonchev–Trinajstić information content (AvgIpc) is 2.87. The van der Waals surface area contributed by atoms with Gasteiger partial charge < -0.3 is 15.7 Å². The molecule has 0 saturated carbocycles. The number of fused-ring (bicyclic) bond motifs is 1. The fourth-order valence-corrected chi connectivity index (χ4v) is 3.81. The van der Waals surface area contributed by atoms with E-state index in [-0.39, 0.29) is 24.5 Å². The number of carboxylic acids is 1. The number of carbonyl (C=O) groups is 2. The maximum absolute atomic E-state index is 11.1. The summed E-state index contributed by atoms with van der Waals surface area (Å²) in [6, 6.07) is 0.440. The molecule has 0 spiro atoms. The standard InChI is InChI=1S/C10H16N2O3S.CH3.K/c13-8(14)4-2-1-3-7-9-6(5-16-7)11-10(15)12-9;;/h6-7,9H,1-5H2,(H,13,14)(H2,11,12,15);1H3;/t6-,7-,9-;;/m0../s1. The molecule has 2 aliphatic rings. The Balaban J connectivity index is 0.000000771. The molecule has 2 aliphatic heterocycles. The predicted molar refractivity (Wildman–Crippen MR) is 73.2 cm³/mol. The molecule has 0 aromatic rings. The van der Waals surface area contributed by atoms with Crippen LogP contribution < -0.4 is 10.6 Å². The summed E-state index contributed by atoms with van der Waals surface area (Å²) in [6.45, 7) is 0. The molecule has 2 rings (SSSR count). The molecule has 0 aliphatic carbocycles. The van der Waals surface area contributed by atoms with Gasteiger partial charge in [0, 0.05) is 17.4 Å². The number of thioether (sulfide) groups is 1. The molecule has 2 amide bonds. The SMILES string of the molecule is O=C(O)CCCC[C@@H]1SC[C@@H]2NC(=O)N[C@@H]21.[CH3][K]. The van der Waals surface area contributed by atoms with Gasteiger partial charge >= 0.3 is 62.0 Å². The van der Waals surface area contributed by atoms with Crippen LogP contribution >= 0.6 is 11.8 Å². The maximum atomic E-state index is 11.1. The molecule has 0 aromatic carbocycles. The van der Waals surface area contributed by atoms with Crippen molar-refractivity contribution in [2.45, 2.75) is 44.0 Å². The third-order valence-electron chi connectivity index (χ3n) is 3.07. The fraction of sp³-hybridized carbons (Fsp3) is 0.818. The summed E-state index contributed by atoms with van der Waals surface area (Å²) in [5.74, 6) is 0.236. The molecule has 3 atom stereocenters. The minimum atomic E-state index is -0.729. The van der Waals surface area contributed by atoms with Crippen molar-refractivity contribution < 1.29 is 14.7 Å². The van der Waals surface area contributed by atoms with Crippen molar-refractivity contribution in [3.63, 3.8) is 0 Å². The number of carbonyl (C=O) groups excluding carboxylic acids is 1. The van der Waals surface area contributed by atoms with Crippen LogP contribution in [0.5, 0.6) is 0 Å². The van der Waals surface area contributed by atoms with E-state index in [9.17, 15) is 9.59 Å². The van der Waals surface area contributed by atoms with Gasteiger partial charge in [-0.2, -0.15) is 11.8 Å². The Labute approximate surface area is 146 Å². The van der Waals surface area contributed by atoms with Gasteiger partial charge in [0.15, 0.2) is 0 Å². The summed E-state index contributed by atoms with van der Waals surface area (Å²) in [5, 5.41) is 14.8. The molecule has 5 nitrogen and oxygen atoms in total. The van der Waals surface area contributed by atoms with Crippen LogP contribution in [-0.2, 0) is 4.79 Å². The van der Waals surface area contributed by atoms with E-state index in [1.54, 1.807) is 0 Å². The first-order valence-electron chi connectivity index (χ1n) is 6.57. The summed E-state index contributed by atoms with van der Waals surface area (Å²) < 4.78 is 2.19. The zero-order valence-electron chi connectivity index (χ0n) is 10.9. The van der Waals surface area contributed by atoms with Gasteiger partial charge in [0.1, 0.15) is 0 Å². The first-order valence-corrected chi connectivity index (χ1v) is 10.7. The second kappa shape index (κ2) is 8.81. The summed E-state index contributed by atoms with van der Waals surface area (Å²) in [6.07, 6.45) is 2.88. The Kier molecular flexibility index (Phi) is 8.21. The van der Waals surface area contributed by atoms with E-state index < -0.39 is 5.97 Å². The van der Waals surface area contributed by atoms with E-state index >= 15 is 0 Å². The number of hydrogen-bond donors (Lipinski definition) is 3. The molecular weight excluding hydrogens is 279 g/mol. The van der Waals surface area contributed by atoms with Crippen molar-refractivity contribution in [1.82, 2.24) is 10.6 Å². The third kappa shape index (κ3) is 5.01. The van der Waals surface area contributed by atoms with Gasteiger partial charge in [-0.15, -0.1) is 0 Å². The van der Waals surface area contributed by atoms with Crippen LogP contribution in [-0.4, -0.2) is 89.1 Å². The van der Waals surface area contributed by atoms with Crippen molar-refractivity contribution in [3.8, 4) is 0 Å². The molecule has 0 bridgehead atoms. The van der Waals surface area contributed by atoms with Crippen molar-refractivity contribution in [2.75, 3.05) is 5.75 Å². The Morgan fingerprint density at radius 2 is 2.17 bits per heavy atom. The zero-order valence-corrected chi connectivity index (χ0v) is 14.9. The molecule has 0 unspecified atom stereocenters. The first-order chi connectivity index (χ1) is 8.66. The molecule has 2 fully saturated rings. The Bertz CT molecular complexity index is 304. The second-order valence-electron chi connectivity index (χ2n) is 4.26. The van der Waals surface area contributed by atoms with Crippen LogP contribution in [0.15, 0.2) is 0 Å². The number of aliphatic carboxylic acids is 1. The van der Waals surface area contributed by atoms with Gasteiger partial charge in [-0.05, 0) is 12.8 Å². The van der Waals surface area contributed by atoms with Crippen LogP contribution in [0.2, 0.25) is 1.02 Å². The normalized spacial score (nSPS) is 28.8. The number of unbranched alkanes of at least 4 members (excludes halogenated alkanes) is 1. The van der Waals surface area contributed by atoms with Crippen molar-refractivity contribution in [2.24, 2.45) is 0 Å². The number of rotatable bonds is 5. The molecular formula is C11H19KN2O3S. The van der Waals surface area contributed by atoms with E-state index in [2.05, 4.69) is 11.7 Å². The number of nitrogens with one attached hydrogen (secondary N) is 2. The van der Waals surface area contributed by atoms with Gasteiger partial charge in [0.25, 0.3) is 0 Å². The van der Waals surface area contributed by atoms with E-state index in [1.165, 1.54) is 0 Å². The van der Waals surface area contributed by atoms with Crippen molar-refractivity contribution >= 4 is 72.7 Å². The number of urea groups is 1. The van der Waals surface area contributed by atoms with Crippen LogP contribution in [0.3, 0.4) is 0 Å². The molecule has 7 heteroatoms.